The lowest BCUT2D eigenvalue weighted by Crippen LogP contribution is -2.40. The highest BCUT2D eigenvalue weighted by atomic mass is 35.5. The van der Waals surface area contributed by atoms with Crippen molar-refractivity contribution in [1.29, 1.82) is 0 Å². The lowest BCUT2D eigenvalue weighted by molar-refractivity contribution is -0.114. The van der Waals surface area contributed by atoms with E-state index in [1.165, 1.54) is 18.2 Å². The summed E-state index contributed by atoms with van der Waals surface area (Å²) in [6.45, 7) is 0.437. The maximum Gasteiger partial charge on any atom is 0.246 e. The Morgan fingerprint density at radius 3 is 2.52 bits per heavy atom. The second-order valence-corrected chi connectivity index (χ2v) is 8.53. The average Bonchev–Trinajstić information content (AvgIpc) is 2.70. The number of halogens is 3. The molecule has 0 radical (unpaired) electrons. The molecule has 2 N–H and O–H groups in total. The van der Waals surface area contributed by atoms with E-state index in [1.807, 2.05) is 0 Å². The number of carbonyl (C=O) groups excluding carboxylic acids is 1. The second kappa shape index (κ2) is 9.04. The Hall–Kier alpha value is -2.27. The molecule has 1 amide bonds. The summed E-state index contributed by atoms with van der Waals surface area (Å²) in [6.07, 6.45) is 0. The topological polar surface area (TPSA) is 87.7 Å². The van der Waals surface area contributed by atoms with Crippen LogP contribution in [-0.4, -0.2) is 51.5 Å². The molecule has 7 nitrogen and oxygen atoms in total. The van der Waals surface area contributed by atoms with E-state index in [9.17, 15) is 22.0 Å². The predicted octanol–water partition coefficient (Wildman–Crippen LogP) is 2.69. The van der Waals surface area contributed by atoms with E-state index in [0.29, 0.717) is 0 Å². The molecule has 0 atom stereocenters. The number of sulfonamides is 1. The van der Waals surface area contributed by atoms with Crippen LogP contribution in [0.1, 0.15) is 0 Å². The fourth-order valence-electron chi connectivity index (χ4n) is 2.71. The molecule has 156 valence electrons. The van der Waals surface area contributed by atoms with Crippen LogP contribution in [0.2, 0.25) is 5.02 Å². The Morgan fingerprint density at radius 1 is 1.10 bits per heavy atom. The van der Waals surface area contributed by atoms with Crippen LogP contribution >= 0.6 is 11.6 Å². The molecule has 0 aliphatic carbocycles. The van der Waals surface area contributed by atoms with Crippen LogP contribution < -0.4 is 10.6 Å². The first-order valence-electron chi connectivity index (χ1n) is 8.63. The summed E-state index contributed by atoms with van der Waals surface area (Å²) in [4.78, 5) is 11.6. The highest BCUT2D eigenvalue weighted by Crippen LogP contribution is 2.24. The molecule has 3 rings (SSSR count). The van der Waals surface area contributed by atoms with Gasteiger partial charge in [-0.25, -0.2) is 17.2 Å². The Labute approximate surface area is 171 Å². The van der Waals surface area contributed by atoms with Crippen molar-refractivity contribution in [3.63, 3.8) is 0 Å². The van der Waals surface area contributed by atoms with Crippen molar-refractivity contribution in [3.05, 3.63) is 53.1 Å². The molecule has 29 heavy (non-hydrogen) atoms. The number of anilines is 2. The third-order valence-electron chi connectivity index (χ3n) is 4.17. The molecular formula is C18H18ClF2N3O4S. The summed E-state index contributed by atoms with van der Waals surface area (Å²) in [6, 6.07) is 7.16. The number of nitrogens with zero attached hydrogens (tertiary/aromatic N) is 1. The Bertz CT molecular complexity index is 1010. The van der Waals surface area contributed by atoms with Crippen molar-refractivity contribution in [1.82, 2.24) is 4.31 Å². The SMILES string of the molecule is O=C(CNc1ccc(F)c(S(=O)(=O)N2CCOCC2)c1)Nc1cc(Cl)ccc1F. The van der Waals surface area contributed by atoms with Gasteiger partial charge < -0.3 is 15.4 Å². The van der Waals surface area contributed by atoms with Gasteiger partial charge in [0.2, 0.25) is 15.9 Å². The first-order chi connectivity index (χ1) is 13.8. The fraction of sp³-hybridized carbons (Fsp3) is 0.278. The standard InChI is InChI=1S/C18H18ClF2N3O4S/c19-12-1-3-14(20)16(9-12)23-18(25)11-22-13-2-4-15(21)17(10-13)29(26,27)24-5-7-28-8-6-24/h1-4,9-10,22H,5-8,11H2,(H,23,25). The molecule has 2 aromatic carbocycles. The summed E-state index contributed by atoms with van der Waals surface area (Å²) in [5, 5.41) is 5.31. The molecule has 2 aromatic rings. The molecule has 0 spiro atoms. The van der Waals surface area contributed by atoms with Gasteiger partial charge in [0.05, 0.1) is 25.4 Å². The summed E-state index contributed by atoms with van der Waals surface area (Å²) >= 11 is 5.77. The molecule has 1 heterocycles. The zero-order chi connectivity index (χ0) is 21.0. The lowest BCUT2D eigenvalue weighted by Gasteiger charge is -2.26. The van der Waals surface area contributed by atoms with Gasteiger partial charge in [-0.15, -0.1) is 0 Å². The van der Waals surface area contributed by atoms with Gasteiger partial charge in [-0.05, 0) is 36.4 Å². The quantitative estimate of drug-likeness (QED) is 0.713. The monoisotopic (exact) mass is 445 g/mol. The first kappa shape index (κ1) is 21.4. The molecular weight excluding hydrogens is 428 g/mol. The van der Waals surface area contributed by atoms with Crippen molar-refractivity contribution in [2.45, 2.75) is 4.90 Å². The number of amides is 1. The van der Waals surface area contributed by atoms with Gasteiger partial charge in [-0.3, -0.25) is 4.79 Å². The van der Waals surface area contributed by atoms with Crippen LogP contribution in [-0.2, 0) is 19.6 Å². The number of morpholine rings is 1. The van der Waals surface area contributed by atoms with Crippen LogP contribution in [0.15, 0.2) is 41.3 Å². The summed E-state index contributed by atoms with van der Waals surface area (Å²) in [5.41, 5.74) is 0.138. The third kappa shape index (κ3) is 5.21. The first-order valence-corrected chi connectivity index (χ1v) is 10.5. The number of benzene rings is 2. The molecule has 1 aliphatic heterocycles. The number of carbonyl (C=O) groups is 1. The maximum absolute atomic E-state index is 14.2. The van der Waals surface area contributed by atoms with Gasteiger partial charge in [0.25, 0.3) is 0 Å². The van der Waals surface area contributed by atoms with Gasteiger partial charge in [0.1, 0.15) is 16.5 Å². The number of hydrogen-bond acceptors (Lipinski definition) is 5. The van der Waals surface area contributed by atoms with Crippen LogP contribution in [0.25, 0.3) is 0 Å². The highest BCUT2D eigenvalue weighted by molar-refractivity contribution is 7.89. The number of ether oxygens (including phenoxy) is 1. The number of nitrogens with one attached hydrogen (secondary N) is 2. The Kier molecular flexibility index (Phi) is 6.68. The van der Waals surface area contributed by atoms with Gasteiger partial charge in [-0.2, -0.15) is 4.31 Å². The van der Waals surface area contributed by atoms with E-state index < -0.39 is 32.5 Å². The van der Waals surface area contributed by atoms with E-state index in [1.54, 1.807) is 0 Å². The van der Waals surface area contributed by atoms with Gasteiger partial charge >= 0.3 is 0 Å². The van der Waals surface area contributed by atoms with Gasteiger partial charge in [0.15, 0.2) is 0 Å². The Morgan fingerprint density at radius 2 is 1.79 bits per heavy atom. The minimum absolute atomic E-state index is 0.0843. The molecule has 1 saturated heterocycles. The molecule has 1 fully saturated rings. The maximum atomic E-state index is 14.2. The minimum Gasteiger partial charge on any atom is -0.379 e. The highest BCUT2D eigenvalue weighted by Gasteiger charge is 2.29. The van der Waals surface area contributed by atoms with E-state index in [2.05, 4.69) is 10.6 Å². The lowest BCUT2D eigenvalue weighted by atomic mass is 10.3. The smallest absolute Gasteiger partial charge is 0.246 e. The summed E-state index contributed by atoms with van der Waals surface area (Å²) in [7, 11) is -4.04. The summed E-state index contributed by atoms with van der Waals surface area (Å²) < 4.78 is 59.5. The number of hydrogen-bond donors (Lipinski definition) is 2. The average molecular weight is 446 g/mol. The second-order valence-electron chi connectivity index (χ2n) is 6.19. The molecule has 0 bridgehead atoms. The van der Waals surface area contributed by atoms with Gasteiger partial charge in [-0.1, -0.05) is 11.6 Å². The molecule has 1 aliphatic rings. The summed E-state index contributed by atoms with van der Waals surface area (Å²) in [5.74, 6) is -2.14. The minimum atomic E-state index is -4.04. The van der Waals surface area contributed by atoms with Crippen LogP contribution in [0, 0.1) is 11.6 Å². The molecule has 0 unspecified atom stereocenters. The van der Waals surface area contributed by atoms with Crippen molar-refractivity contribution >= 4 is 38.9 Å². The fourth-order valence-corrected chi connectivity index (χ4v) is 4.38. The van der Waals surface area contributed by atoms with E-state index in [0.717, 1.165) is 22.5 Å². The van der Waals surface area contributed by atoms with E-state index >= 15 is 0 Å². The Balaban J connectivity index is 1.69. The van der Waals surface area contributed by atoms with Crippen LogP contribution in [0.3, 0.4) is 0 Å². The van der Waals surface area contributed by atoms with Crippen molar-refractivity contribution in [2.24, 2.45) is 0 Å². The van der Waals surface area contributed by atoms with Gasteiger partial charge in [0, 0.05) is 23.8 Å². The van der Waals surface area contributed by atoms with Crippen molar-refractivity contribution in [3.8, 4) is 0 Å². The number of rotatable bonds is 6. The predicted molar refractivity (Wildman–Crippen MR) is 105 cm³/mol. The van der Waals surface area contributed by atoms with Crippen molar-refractivity contribution < 1.29 is 26.7 Å². The molecule has 0 aromatic heterocycles. The third-order valence-corrected chi connectivity index (χ3v) is 6.32. The molecule has 0 saturated carbocycles. The molecule has 11 heteroatoms. The zero-order valence-corrected chi connectivity index (χ0v) is 16.7. The zero-order valence-electron chi connectivity index (χ0n) is 15.1. The van der Waals surface area contributed by atoms with E-state index in [-0.39, 0.29) is 49.2 Å². The largest absolute Gasteiger partial charge is 0.379 e. The normalized spacial score (nSPS) is 15.1. The van der Waals surface area contributed by atoms with Crippen LogP contribution in [0.4, 0.5) is 20.2 Å². The van der Waals surface area contributed by atoms with E-state index in [4.69, 9.17) is 16.3 Å². The van der Waals surface area contributed by atoms with Crippen LogP contribution in [0.5, 0.6) is 0 Å². The van der Waals surface area contributed by atoms with Crippen molar-refractivity contribution in [2.75, 3.05) is 43.5 Å².